The third kappa shape index (κ3) is 4.06. The fraction of sp³-hybridized carbons (Fsp3) is 0.0476. The van der Waals surface area contributed by atoms with Crippen molar-refractivity contribution in [2.75, 3.05) is 16.8 Å². The van der Waals surface area contributed by atoms with Gasteiger partial charge in [-0.15, -0.1) is 0 Å². The first-order chi connectivity index (χ1) is 17.2. The van der Waals surface area contributed by atoms with Crippen molar-refractivity contribution in [3.05, 3.63) is 79.4 Å². The summed E-state index contributed by atoms with van der Waals surface area (Å²) in [4.78, 5) is 29.7. The maximum Gasteiger partial charge on any atom is 0.318 e. The number of nitrogen functional groups attached to an aromatic ring is 2. The molecule has 3 aromatic rings. The topological polar surface area (TPSA) is 244 Å². The summed E-state index contributed by atoms with van der Waals surface area (Å²) in [7, 11) is 0. The average Bonchev–Trinajstić information content (AvgIpc) is 2.84. The summed E-state index contributed by atoms with van der Waals surface area (Å²) in [5.74, 6) is -0.154. The Morgan fingerprint density at radius 3 is 2.50 bits per heavy atom. The van der Waals surface area contributed by atoms with Gasteiger partial charge in [-0.2, -0.15) is 10.5 Å². The molecule has 6 N–H and O–H groups in total. The number of aliphatic imine (C=N–C) groups is 1. The van der Waals surface area contributed by atoms with E-state index in [0.29, 0.717) is 5.56 Å². The summed E-state index contributed by atoms with van der Waals surface area (Å²) < 4.78 is 5.83. The number of benzene rings is 2. The largest absolute Gasteiger partial charge is 0.450 e. The number of nitro groups is 2. The van der Waals surface area contributed by atoms with Crippen LogP contribution in [0.25, 0.3) is 0 Å². The van der Waals surface area contributed by atoms with Crippen molar-refractivity contribution < 1.29 is 14.6 Å². The number of nitrogens with two attached hydrogens (primary N) is 2. The monoisotopic (exact) mass is 486 g/mol. The lowest BCUT2D eigenvalue weighted by Gasteiger charge is -2.27. The highest BCUT2D eigenvalue weighted by atomic mass is 16.6. The molecule has 0 aliphatic carbocycles. The van der Waals surface area contributed by atoms with Gasteiger partial charge >= 0.3 is 5.69 Å². The van der Waals surface area contributed by atoms with E-state index in [4.69, 9.17) is 21.5 Å². The Kier molecular flexibility index (Phi) is 5.88. The van der Waals surface area contributed by atoms with Crippen molar-refractivity contribution >= 4 is 34.7 Å². The molecule has 0 amide bonds. The van der Waals surface area contributed by atoms with Gasteiger partial charge in [0.15, 0.2) is 6.19 Å². The molecule has 36 heavy (non-hydrogen) atoms. The fourth-order valence-electron chi connectivity index (χ4n) is 3.57. The lowest BCUT2D eigenvalue weighted by Crippen LogP contribution is -2.32. The van der Waals surface area contributed by atoms with Gasteiger partial charge in [-0.05, 0) is 12.1 Å². The third-order valence-electron chi connectivity index (χ3n) is 5.14. The molecular weight excluding hydrogens is 472 g/mol. The van der Waals surface area contributed by atoms with Gasteiger partial charge in [0.25, 0.3) is 5.69 Å². The molecule has 4 rings (SSSR count). The minimum atomic E-state index is -0.981. The zero-order valence-corrected chi connectivity index (χ0v) is 18.0. The van der Waals surface area contributed by atoms with E-state index in [0.717, 1.165) is 18.2 Å². The Labute approximate surface area is 201 Å². The van der Waals surface area contributed by atoms with Gasteiger partial charge < -0.3 is 21.5 Å². The molecule has 178 valence electrons. The highest BCUT2D eigenvalue weighted by molar-refractivity contribution is 5.98. The first kappa shape index (κ1) is 23.2. The molecule has 2 aromatic carbocycles. The van der Waals surface area contributed by atoms with E-state index in [1.54, 1.807) is 24.4 Å². The van der Waals surface area contributed by atoms with Gasteiger partial charge in [0.2, 0.25) is 11.7 Å². The van der Waals surface area contributed by atoms with Crippen LogP contribution >= 0.6 is 0 Å². The molecule has 15 nitrogen and oxygen atoms in total. The predicted molar refractivity (Wildman–Crippen MR) is 126 cm³/mol. The van der Waals surface area contributed by atoms with Gasteiger partial charge in [-0.3, -0.25) is 25.5 Å². The molecule has 1 atom stereocenters. The van der Waals surface area contributed by atoms with Crippen LogP contribution in [-0.2, 0) is 0 Å². The highest BCUT2D eigenvalue weighted by Crippen LogP contribution is 2.44. The summed E-state index contributed by atoms with van der Waals surface area (Å²) in [6.07, 6.45) is 1.73. The quantitative estimate of drug-likeness (QED) is 0.176. The Balaban J connectivity index is 1.88. The summed E-state index contributed by atoms with van der Waals surface area (Å²) >= 11 is 0. The fourth-order valence-corrected chi connectivity index (χ4v) is 3.57. The number of nitro benzene ring substituents is 2. The molecule has 1 aromatic heterocycles. The Bertz CT molecular complexity index is 1540. The van der Waals surface area contributed by atoms with Crippen LogP contribution in [0.1, 0.15) is 22.7 Å². The number of non-ortho nitro benzene ring substituents is 1. The number of nitriles is 2. The number of nitrogens with one attached hydrogen (secondary N) is 2. The second-order valence-corrected chi connectivity index (χ2v) is 7.21. The highest BCUT2D eigenvalue weighted by Gasteiger charge is 2.32. The first-order valence-corrected chi connectivity index (χ1v) is 9.93. The Morgan fingerprint density at radius 1 is 1.08 bits per heavy atom. The number of aromatic nitrogens is 1. The van der Waals surface area contributed by atoms with E-state index < -0.39 is 27.3 Å². The van der Waals surface area contributed by atoms with Crippen molar-refractivity contribution in [3.8, 4) is 23.8 Å². The second kappa shape index (κ2) is 9.12. The van der Waals surface area contributed by atoms with Crippen molar-refractivity contribution in [2.45, 2.75) is 6.04 Å². The molecule has 2 heterocycles. The molecule has 1 unspecified atom stereocenters. The number of nitrogens with zero attached hydrogens (tertiary/aromatic N) is 6. The minimum absolute atomic E-state index is 0.00197. The molecular formula is C21H14N10O5. The molecule has 0 fully saturated rings. The van der Waals surface area contributed by atoms with Crippen molar-refractivity contribution in [1.82, 2.24) is 10.3 Å². The number of hydrogen-bond acceptors (Lipinski definition) is 13. The molecule has 0 bridgehead atoms. The molecule has 0 saturated heterocycles. The van der Waals surface area contributed by atoms with Crippen LogP contribution in [0.2, 0.25) is 0 Å². The number of ether oxygens (including phenoxy) is 1. The lowest BCUT2D eigenvalue weighted by atomic mass is 9.94. The van der Waals surface area contributed by atoms with Crippen molar-refractivity contribution in [3.63, 3.8) is 0 Å². The normalized spacial score (nSPS) is 13.7. The maximum atomic E-state index is 11.6. The second-order valence-electron chi connectivity index (χ2n) is 7.21. The molecule has 15 heteroatoms. The number of fused-ring (bicyclic) bond motifs is 1. The van der Waals surface area contributed by atoms with Gasteiger partial charge in [0.05, 0.1) is 21.6 Å². The zero-order chi connectivity index (χ0) is 26.0. The first-order valence-electron chi connectivity index (χ1n) is 9.93. The van der Waals surface area contributed by atoms with E-state index >= 15 is 0 Å². The van der Waals surface area contributed by atoms with Crippen LogP contribution in [0.4, 0.5) is 28.7 Å². The lowest BCUT2D eigenvalue weighted by molar-refractivity contribution is -0.394. The zero-order valence-electron chi connectivity index (χ0n) is 18.0. The number of hydrogen-bond donors (Lipinski definition) is 4. The van der Waals surface area contributed by atoms with Crippen LogP contribution in [0.15, 0.2) is 47.5 Å². The molecule has 0 spiro atoms. The number of anilines is 3. The van der Waals surface area contributed by atoms with E-state index in [-0.39, 0.29) is 45.9 Å². The predicted octanol–water partition coefficient (Wildman–Crippen LogP) is 2.67. The van der Waals surface area contributed by atoms with Crippen molar-refractivity contribution in [1.29, 1.82) is 10.5 Å². The van der Waals surface area contributed by atoms with Gasteiger partial charge in [0.1, 0.15) is 35.1 Å². The average molecular weight is 486 g/mol. The minimum Gasteiger partial charge on any atom is -0.450 e. The summed E-state index contributed by atoms with van der Waals surface area (Å²) in [5, 5.41) is 46.3. The summed E-state index contributed by atoms with van der Waals surface area (Å²) in [5.41, 5.74) is 11.5. The molecule has 1 aliphatic rings. The number of pyridine rings is 1. The van der Waals surface area contributed by atoms with Crippen LogP contribution in [0, 0.1) is 43.0 Å². The molecule has 1 aliphatic heterocycles. The number of rotatable bonds is 5. The summed E-state index contributed by atoms with van der Waals surface area (Å²) in [6, 6.07) is 10.2. The van der Waals surface area contributed by atoms with E-state index in [1.807, 2.05) is 6.07 Å². The Hall–Kier alpha value is -5.96. The number of guanidine groups is 1. The smallest absolute Gasteiger partial charge is 0.318 e. The van der Waals surface area contributed by atoms with E-state index in [1.165, 1.54) is 6.07 Å². The van der Waals surface area contributed by atoms with Crippen LogP contribution in [0.5, 0.6) is 11.5 Å². The van der Waals surface area contributed by atoms with Crippen LogP contribution < -0.4 is 26.8 Å². The van der Waals surface area contributed by atoms with E-state index in [2.05, 4.69) is 20.6 Å². The number of para-hydroxylation sites is 1. The maximum absolute atomic E-state index is 11.6. The van der Waals surface area contributed by atoms with E-state index in [9.17, 15) is 25.5 Å². The third-order valence-corrected chi connectivity index (χ3v) is 5.14. The SMILES string of the molecule is N#CNC1=NC(c2ccccc2Oc2ccc([N+](=O)[O-])cc2[N+](=O)[O-])c2c(nc(N)c(C#N)c2N)N1. The molecule has 0 radical (unpaired) electrons. The van der Waals surface area contributed by atoms with Crippen LogP contribution in [-0.4, -0.2) is 20.8 Å². The van der Waals surface area contributed by atoms with Crippen molar-refractivity contribution in [2.24, 2.45) is 4.99 Å². The Morgan fingerprint density at radius 2 is 1.83 bits per heavy atom. The van der Waals surface area contributed by atoms with Gasteiger partial charge in [-0.1, -0.05) is 18.2 Å². The van der Waals surface area contributed by atoms with Gasteiger partial charge in [-0.25, -0.2) is 9.98 Å². The summed E-state index contributed by atoms with van der Waals surface area (Å²) in [6.45, 7) is 0. The van der Waals surface area contributed by atoms with Gasteiger partial charge in [0, 0.05) is 17.2 Å². The standard InChI is InChI=1S/C21H14N10O5/c22-8-12-17(24)16-18(27-21(26-9-23)29-20(16)28-19(12)25)11-3-1-2-4-14(11)36-15-6-5-10(30(32)33)7-13(15)31(34)35/h1-7,18H,(H6,24,25,26,27,28,29). The molecule has 0 saturated carbocycles. The van der Waals surface area contributed by atoms with Crippen LogP contribution in [0.3, 0.4) is 0 Å².